The van der Waals surface area contributed by atoms with Gasteiger partial charge < -0.3 is 5.32 Å². The Morgan fingerprint density at radius 2 is 2.19 bits per heavy atom. The first-order valence-corrected chi connectivity index (χ1v) is 8.66. The summed E-state index contributed by atoms with van der Waals surface area (Å²) < 4.78 is 37.7. The molecule has 0 spiro atoms. The van der Waals surface area contributed by atoms with Gasteiger partial charge in [0.1, 0.15) is 11.9 Å². The van der Waals surface area contributed by atoms with Gasteiger partial charge in [0.15, 0.2) is 0 Å². The topological polar surface area (TPSA) is 66.5 Å². The third kappa shape index (κ3) is 3.79. The molecule has 1 N–H and O–H groups in total. The van der Waals surface area contributed by atoms with Gasteiger partial charge in [0, 0.05) is 6.54 Å². The average molecular weight is 314 g/mol. The molecule has 1 aromatic rings. The Kier molecular flexibility index (Phi) is 4.63. The number of carbonyl (C=O) groups excluding carboxylic acids is 1. The molecule has 1 saturated heterocycles. The Bertz CT molecular complexity index is 633. The molecule has 2 rings (SSSR count). The molecule has 1 aliphatic heterocycles. The Hall–Kier alpha value is -1.47. The van der Waals surface area contributed by atoms with Crippen LogP contribution in [0, 0.1) is 5.82 Å². The van der Waals surface area contributed by atoms with Gasteiger partial charge >= 0.3 is 0 Å². The maximum Gasteiger partial charge on any atom is 0.238 e. The van der Waals surface area contributed by atoms with Crippen LogP contribution in [-0.2, 0) is 14.8 Å². The molecule has 5 nitrogen and oxygen atoms in total. The predicted octanol–water partition coefficient (Wildman–Crippen LogP) is 1.43. The molecule has 0 bridgehead atoms. The Morgan fingerprint density at radius 1 is 1.48 bits per heavy atom. The van der Waals surface area contributed by atoms with Gasteiger partial charge in [-0.05, 0) is 37.5 Å². The summed E-state index contributed by atoms with van der Waals surface area (Å²) >= 11 is 0. The van der Waals surface area contributed by atoms with Crippen molar-refractivity contribution in [2.75, 3.05) is 12.8 Å². The van der Waals surface area contributed by atoms with Crippen LogP contribution >= 0.6 is 0 Å². The number of hydrogen-bond donors (Lipinski definition) is 1. The second-order valence-electron chi connectivity index (χ2n) is 5.32. The second kappa shape index (κ2) is 6.11. The minimum absolute atomic E-state index is 0.338. The fourth-order valence-corrected chi connectivity index (χ4v) is 3.69. The first-order chi connectivity index (χ1) is 9.79. The molecule has 0 aromatic heterocycles. The van der Waals surface area contributed by atoms with Crippen molar-refractivity contribution < 1.29 is 17.6 Å². The summed E-state index contributed by atoms with van der Waals surface area (Å²) in [6.45, 7) is 2.11. The molecular formula is C14H19FN2O3S. The summed E-state index contributed by atoms with van der Waals surface area (Å²) in [6, 6.07) is 4.93. The molecule has 0 radical (unpaired) electrons. The minimum atomic E-state index is -3.39. The molecule has 0 aliphatic carbocycles. The lowest BCUT2D eigenvalue weighted by Crippen LogP contribution is -2.46. The minimum Gasteiger partial charge on any atom is -0.348 e. The number of rotatable bonds is 4. The van der Waals surface area contributed by atoms with Crippen molar-refractivity contribution in [3.63, 3.8) is 0 Å². The van der Waals surface area contributed by atoms with Gasteiger partial charge in [-0.15, -0.1) is 0 Å². The molecule has 1 aliphatic rings. The molecule has 1 heterocycles. The van der Waals surface area contributed by atoms with Gasteiger partial charge in [0.2, 0.25) is 15.9 Å². The van der Waals surface area contributed by atoms with Crippen LogP contribution in [0.3, 0.4) is 0 Å². The zero-order chi connectivity index (χ0) is 15.6. The van der Waals surface area contributed by atoms with E-state index in [9.17, 15) is 17.6 Å². The van der Waals surface area contributed by atoms with Crippen LogP contribution in [-0.4, -0.2) is 37.5 Å². The number of nitrogens with zero attached hydrogens (tertiary/aromatic N) is 1. The Labute approximate surface area is 124 Å². The molecule has 116 valence electrons. The van der Waals surface area contributed by atoms with E-state index in [1.54, 1.807) is 19.1 Å². The quantitative estimate of drug-likeness (QED) is 0.914. The van der Waals surface area contributed by atoms with E-state index < -0.39 is 16.1 Å². The molecule has 1 fully saturated rings. The molecule has 1 aromatic carbocycles. The lowest BCUT2D eigenvalue weighted by Gasteiger charge is -2.23. The number of sulfonamides is 1. The van der Waals surface area contributed by atoms with Crippen LogP contribution in [0.4, 0.5) is 4.39 Å². The number of benzene rings is 1. The molecule has 2 atom stereocenters. The lowest BCUT2D eigenvalue weighted by molar-refractivity contribution is -0.124. The number of hydrogen-bond acceptors (Lipinski definition) is 3. The van der Waals surface area contributed by atoms with Gasteiger partial charge in [0.25, 0.3) is 0 Å². The standard InChI is InChI=1S/C14H19FN2O3S/c1-10(11-5-3-6-12(15)9-11)16-14(18)13-7-4-8-17(13)21(2,19)20/h3,5-6,9-10,13H,4,7-8H2,1-2H3,(H,16,18)/t10-,13-/m1/s1. The molecular weight excluding hydrogens is 295 g/mol. The van der Waals surface area contributed by atoms with Crippen LogP contribution < -0.4 is 5.32 Å². The number of carbonyl (C=O) groups is 1. The van der Waals surface area contributed by atoms with Crippen molar-refractivity contribution in [2.24, 2.45) is 0 Å². The number of amides is 1. The van der Waals surface area contributed by atoms with Gasteiger partial charge in [-0.1, -0.05) is 12.1 Å². The van der Waals surface area contributed by atoms with Crippen molar-refractivity contribution in [1.29, 1.82) is 0 Å². The highest BCUT2D eigenvalue weighted by molar-refractivity contribution is 7.88. The van der Waals surface area contributed by atoms with E-state index in [4.69, 9.17) is 0 Å². The zero-order valence-electron chi connectivity index (χ0n) is 12.0. The van der Waals surface area contributed by atoms with Crippen molar-refractivity contribution in [3.8, 4) is 0 Å². The highest BCUT2D eigenvalue weighted by atomic mass is 32.2. The summed E-state index contributed by atoms with van der Waals surface area (Å²) in [5.41, 5.74) is 0.646. The zero-order valence-corrected chi connectivity index (χ0v) is 12.9. The van der Waals surface area contributed by atoms with Gasteiger partial charge in [-0.25, -0.2) is 12.8 Å². The van der Waals surface area contributed by atoms with Crippen LogP contribution in [0.15, 0.2) is 24.3 Å². The fourth-order valence-electron chi connectivity index (χ4n) is 2.57. The van der Waals surface area contributed by atoms with E-state index in [2.05, 4.69) is 5.32 Å². The molecule has 0 saturated carbocycles. The predicted molar refractivity (Wildman–Crippen MR) is 77.5 cm³/mol. The van der Waals surface area contributed by atoms with E-state index in [0.717, 1.165) is 6.26 Å². The van der Waals surface area contributed by atoms with E-state index in [-0.39, 0.29) is 17.8 Å². The summed E-state index contributed by atoms with van der Waals surface area (Å²) in [4.78, 5) is 12.3. The molecule has 1 amide bonds. The van der Waals surface area contributed by atoms with Crippen molar-refractivity contribution in [3.05, 3.63) is 35.6 Å². The Morgan fingerprint density at radius 3 is 2.81 bits per heavy atom. The summed E-state index contributed by atoms with van der Waals surface area (Å²) in [5, 5.41) is 2.76. The van der Waals surface area contributed by atoms with Gasteiger partial charge in [-0.3, -0.25) is 4.79 Å². The second-order valence-corrected chi connectivity index (χ2v) is 7.25. The fraction of sp³-hybridized carbons (Fsp3) is 0.500. The summed E-state index contributed by atoms with van der Waals surface area (Å²) in [7, 11) is -3.39. The van der Waals surface area contributed by atoms with Crippen LogP contribution in [0.25, 0.3) is 0 Å². The molecule has 7 heteroatoms. The van der Waals surface area contributed by atoms with Crippen LogP contribution in [0.5, 0.6) is 0 Å². The normalized spacial score (nSPS) is 21.2. The third-order valence-electron chi connectivity index (χ3n) is 3.64. The molecule has 21 heavy (non-hydrogen) atoms. The summed E-state index contributed by atoms with van der Waals surface area (Å²) in [6.07, 6.45) is 2.28. The monoisotopic (exact) mass is 314 g/mol. The third-order valence-corrected chi connectivity index (χ3v) is 4.93. The SMILES string of the molecule is C[C@@H](NC(=O)[C@H]1CCCN1S(C)(=O)=O)c1cccc(F)c1. The highest BCUT2D eigenvalue weighted by Gasteiger charge is 2.36. The van der Waals surface area contributed by atoms with Crippen molar-refractivity contribution in [2.45, 2.75) is 31.8 Å². The Balaban J connectivity index is 2.07. The van der Waals surface area contributed by atoms with E-state index in [0.29, 0.717) is 24.9 Å². The maximum atomic E-state index is 13.2. The number of nitrogens with one attached hydrogen (secondary N) is 1. The lowest BCUT2D eigenvalue weighted by atomic mass is 10.1. The van der Waals surface area contributed by atoms with E-state index in [1.165, 1.54) is 16.4 Å². The van der Waals surface area contributed by atoms with Crippen molar-refractivity contribution >= 4 is 15.9 Å². The van der Waals surface area contributed by atoms with Gasteiger partial charge in [0.05, 0.1) is 12.3 Å². The van der Waals surface area contributed by atoms with Gasteiger partial charge in [-0.2, -0.15) is 4.31 Å². The van der Waals surface area contributed by atoms with Crippen molar-refractivity contribution in [1.82, 2.24) is 9.62 Å². The first kappa shape index (κ1) is 15.9. The number of halogens is 1. The van der Waals surface area contributed by atoms with E-state index in [1.807, 2.05) is 0 Å². The first-order valence-electron chi connectivity index (χ1n) is 6.81. The highest BCUT2D eigenvalue weighted by Crippen LogP contribution is 2.22. The van der Waals surface area contributed by atoms with E-state index >= 15 is 0 Å². The average Bonchev–Trinajstić information content (AvgIpc) is 2.87. The van der Waals surface area contributed by atoms with Crippen LogP contribution in [0.1, 0.15) is 31.4 Å². The smallest absolute Gasteiger partial charge is 0.238 e. The van der Waals surface area contributed by atoms with Crippen LogP contribution in [0.2, 0.25) is 0 Å². The largest absolute Gasteiger partial charge is 0.348 e. The maximum absolute atomic E-state index is 13.2. The molecule has 0 unspecified atom stereocenters. The summed E-state index contributed by atoms with van der Waals surface area (Å²) in [5.74, 6) is -0.707.